The van der Waals surface area contributed by atoms with E-state index in [1.165, 1.54) is 69.9 Å². The second-order valence-corrected chi connectivity index (χ2v) is 7.97. The molecule has 0 fully saturated rings. The molecular formula is C24H40NNaO4. The summed E-state index contributed by atoms with van der Waals surface area (Å²) < 4.78 is 0. The first-order chi connectivity index (χ1) is 14.0. The number of unbranched alkanes of at least 4 members (excludes halogenated alkanes) is 11. The van der Waals surface area contributed by atoms with Crippen LogP contribution in [-0.4, -0.2) is 57.7 Å². The van der Waals surface area contributed by atoms with Crippen molar-refractivity contribution in [1.29, 1.82) is 0 Å². The summed E-state index contributed by atoms with van der Waals surface area (Å²) in [6.07, 6.45) is 15.4. The number of benzene rings is 1. The van der Waals surface area contributed by atoms with E-state index in [2.05, 4.69) is 12.2 Å². The number of hydrogen-bond donors (Lipinski definition) is 3. The summed E-state index contributed by atoms with van der Waals surface area (Å²) in [6, 6.07) is 5.43. The van der Waals surface area contributed by atoms with Crippen LogP contribution in [0.3, 0.4) is 0 Å². The van der Waals surface area contributed by atoms with Gasteiger partial charge in [0.1, 0.15) is 11.8 Å². The molecule has 5 nitrogen and oxygen atoms in total. The topological polar surface area (TPSA) is 86.6 Å². The SMILES string of the molecule is CCCCCCCCCCCCCCC(=O)N[C@@H](Cc1ccc(O)cc1)C(=O)O.[NaH]. The van der Waals surface area contributed by atoms with Gasteiger partial charge in [-0.05, 0) is 24.1 Å². The fourth-order valence-electron chi connectivity index (χ4n) is 3.46. The van der Waals surface area contributed by atoms with Crippen LogP contribution in [0, 0.1) is 0 Å². The number of carboxylic acid groups (broad SMARTS) is 1. The van der Waals surface area contributed by atoms with E-state index >= 15 is 0 Å². The number of carbonyl (C=O) groups excluding carboxylic acids is 1. The zero-order chi connectivity index (χ0) is 21.3. The molecule has 1 rings (SSSR count). The number of aromatic hydroxyl groups is 1. The molecule has 166 valence electrons. The quantitative estimate of drug-likeness (QED) is 0.242. The minimum absolute atomic E-state index is 0. The first kappa shape index (κ1) is 29.0. The first-order valence-electron chi connectivity index (χ1n) is 11.3. The summed E-state index contributed by atoms with van der Waals surface area (Å²) in [4.78, 5) is 23.5. The summed E-state index contributed by atoms with van der Waals surface area (Å²) in [5.74, 6) is -1.11. The molecule has 0 radical (unpaired) electrons. The van der Waals surface area contributed by atoms with E-state index in [0.29, 0.717) is 6.42 Å². The van der Waals surface area contributed by atoms with E-state index < -0.39 is 12.0 Å². The zero-order valence-corrected chi connectivity index (χ0v) is 18.0. The van der Waals surface area contributed by atoms with Crippen molar-refractivity contribution < 1.29 is 19.8 Å². The Morgan fingerprint density at radius 1 is 0.833 bits per heavy atom. The van der Waals surface area contributed by atoms with Crippen molar-refractivity contribution in [2.75, 3.05) is 0 Å². The van der Waals surface area contributed by atoms with E-state index in [4.69, 9.17) is 0 Å². The van der Waals surface area contributed by atoms with E-state index in [-0.39, 0.29) is 47.6 Å². The van der Waals surface area contributed by atoms with Crippen LogP contribution in [-0.2, 0) is 16.0 Å². The zero-order valence-electron chi connectivity index (χ0n) is 18.0. The summed E-state index contributed by atoms with van der Waals surface area (Å²) >= 11 is 0. The number of carboxylic acids is 1. The van der Waals surface area contributed by atoms with Crippen LogP contribution in [0.1, 0.15) is 96.0 Å². The Morgan fingerprint density at radius 3 is 1.77 bits per heavy atom. The molecule has 1 aromatic rings. The predicted octanol–water partition coefficient (Wildman–Crippen LogP) is 4.95. The normalized spacial score (nSPS) is 11.5. The van der Waals surface area contributed by atoms with Gasteiger partial charge in [0, 0.05) is 12.8 Å². The summed E-state index contributed by atoms with van der Waals surface area (Å²) in [7, 11) is 0. The Balaban J connectivity index is 0.00000841. The van der Waals surface area contributed by atoms with Crippen molar-refractivity contribution in [2.45, 2.75) is 103 Å². The van der Waals surface area contributed by atoms with Gasteiger partial charge in [0.05, 0.1) is 0 Å². The van der Waals surface area contributed by atoms with Crippen molar-refractivity contribution in [3.63, 3.8) is 0 Å². The Kier molecular flexibility index (Phi) is 18.1. The van der Waals surface area contributed by atoms with E-state index in [1.54, 1.807) is 12.1 Å². The number of phenols is 1. The molecular weight excluding hydrogens is 389 g/mol. The molecule has 1 amide bonds. The third-order valence-electron chi connectivity index (χ3n) is 5.27. The van der Waals surface area contributed by atoms with Crippen LogP contribution in [0.2, 0.25) is 0 Å². The Bertz CT molecular complexity index is 577. The van der Waals surface area contributed by atoms with Crippen molar-refractivity contribution in [1.82, 2.24) is 5.32 Å². The van der Waals surface area contributed by atoms with E-state index in [9.17, 15) is 19.8 Å². The second kappa shape index (κ2) is 18.7. The van der Waals surface area contributed by atoms with E-state index in [1.807, 2.05) is 0 Å². The molecule has 0 aliphatic heterocycles. The average molecular weight is 430 g/mol. The third-order valence-corrected chi connectivity index (χ3v) is 5.27. The molecule has 1 aromatic carbocycles. The molecule has 1 atom stereocenters. The van der Waals surface area contributed by atoms with Gasteiger partial charge in [0.25, 0.3) is 0 Å². The molecule has 30 heavy (non-hydrogen) atoms. The molecule has 0 saturated carbocycles. The fraction of sp³-hybridized carbons (Fsp3) is 0.667. The summed E-state index contributed by atoms with van der Waals surface area (Å²) in [5.41, 5.74) is 0.765. The van der Waals surface area contributed by atoms with Gasteiger partial charge >= 0.3 is 35.5 Å². The number of nitrogens with one attached hydrogen (secondary N) is 1. The molecule has 0 bridgehead atoms. The standard InChI is InChI=1S/C24H39NO4.Na.H/c1-2-3-4-5-6-7-8-9-10-11-12-13-14-23(27)25-22(24(28)29)19-20-15-17-21(26)18-16-20;;/h15-18,22,26H,2-14,19H2,1H3,(H,25,27)(H,28,29);;/t22-;;/m0../s1. The van der Waals surface area contributed by atoms with Gasteiger partial charge in [-0.15, -0.1) is 0 Å². The van der Waals surface area contributed by atoms with Gasteiger partial charge in [-0.25, -0.2) is 4.79 Å². The Hall–Kier alpha value is -1.04. The van der Waals surface area contributed by atoms with Crippen molar-refractivity contribution >= 4 is 41.4 Å². The Morgan fingerprint density at radius 2 is 1.30 bits per heavy atom. The van der Waals surface area contributed by atoms with Crippen molar-refractivity contribution in [3.8, 4) is 5.75 Å². The number of aliphatic carboxylic acids is 1. The van der Waals surface area contributed by atoms with Gasteiger partial charge in [-0.1, -0.05) is 89.7 Å². The van der Waals surface area contributed by atoms with Gasteiger partial charge in [0.15, 0.2) is 0 Å². The maximum atomic E-state index is 12.1. The van der Waals surface area contributed by atoms with Gasteiger partial charge in [0.2, 0.25) is 5.91 Å². The molecule has 0 saturated heterocycles. The fourth-order valence-corrected chi connectivity index (χ4v) is 3.46. The van der Waals surface area contributed by atoms with Crippen LogP contribution in [0.5, 0.6) is 5.75 Å². The maximum absolute atomic E-state index is 12.1. The molecule has 0 unspecified atom stereocenters. The molecule has 6 heteroatoms. The number of hydrogen-bond acceptors (Lipinski definition) is 3. The molecule has 0 aliphatic carbocycles. The number of carbonyl (C=O) groups is 2. The third kappa shape index (κ3) is 14.9. The minimum atomic E-state index is -1.04. The predicted molar refractivity (Wildman–Crippen MR) is 124 cm³/mol. The number of amides is 1. The van der Waals surface area contributed by atoms with Crippen LogP contribution in [0.25, 0.3) is 0 Å². The van der Waals surface area contributed by atoms with Crippen LogP contribution >= 0.6 is 0 Å². The van der Waals surface area contributed by atoms with Crippen LogP contribution < -0.4 is 5.32 Å². The summed E-state index contributed by atoms with van der Waals surface area (Å²) in [6.45, 7) is 2.24. The number of phenolic OH excluding ortho intramolecular Hbond substituents is 1. The van der Waals surface area contributed by atoms with Gasteiger partial charge in [-0.2, -0.15) is 0 Å². The molecule has 0 aliphatic rings. The number of rotatable bonds is 17. The first-order valence-corrected chi connectivity index (χ1v) is 11.3. The van der Waals surface area contributed by atoms with Crippen molar-refractivity contribution in [3.05, 3.63) is 29.8 Å². The van der Waals surface area contributed by atoms with Crippen LogP contribution in [0.4, 0.5) is 0 Å². The molecule has 0 spiro atoms. The van der Waals surface area contributed by atoms with Crippen LogP contribution in [0.15, 0.2) is 24.3 Å². The molecule has 3 N–H and O–H groups in total. The second-order valence-electron chi connectivity index (χ2n) is 7.97. The summed E-state index contributed by atoms with van der Waals surface area (Å²) in [5, 5.41) is 21.3. The van der Waals surface area contributed by atoms with E-state index in [0.717, 1.165) is 24.8 Å². The van der Waals surface area contributed by atoms with Gasteiger partial charge < -0.3 is 15.5 Å². The van der Waals surface area contributed by atoms with Gasteiger partial charge in [-0.3, -0.25) is 4.79 Å². The molecule has 0 aromatic heterocycles. The van der Waals surface area contributed by atoms with Crippen molar-refractivity contribution in [2.24, 2.45) is 0 Å². The monoisotopic (exact) mass is 429 g/mol. The average Bonchev–Trinajstić information content (AvgIpc) is 2.70. The Labute approximate surface area is 204 Å². The molecule has 0 heterocycles.